The predicted octanol–water partition coefficient (Wildman–Crippen LogP) is 3.22. The molecule has 20 heavy (non-hydrogen) atoms. The number of nitrogens with zero attached hydrogens (tertiary/aromatic N) is 1. The van der Waals surface area contributed by atoms with Gasteiger partial charge in [-0.1, -0.05) is 12.1 Å². The van der Waals surface area contributed by atoms with Crippen molar-refractivity contribution in [2.75, 3.05) is 20.3 Å². The van der Waals surface area contributed by atoms with Gasteiger partial charge in [-0.05, 0) is 31.0 Å². The van der Waals surface area contributed by atoms with Crippen LogP contribution < -0.4 is 5.32 Å². The monoisotopic (exact) mass is 294 g/mol. The first-order chi connectivity index (χ1) is 9.61. The average Bonchev–Trinajstić information content (AvgIpc) is 2.85. The molecule has 0 aliphatic carbocycles. The van der Waals surface area contributed by atoms with E-state index in [1.165, 1.54) is 6.07 Å². The highest BCUT2D eigenvalue weighted by Gasteiger charge is 2.17. The average molecular weight is 294 g/mol. The Morgan fingerprint density at radius 1 is 1.40 bits per heavy atom. The lowest BCUT2D eigenvalue weighted by atomic mass is 10.0. The van der Waals surface area contributed by atoms with Crippen molar-refractivity contribution >= 4 is 11.3 Å². The van der Waals surface area contributed by atoms with Crippen LogP contribution in [0.25, 0.3) is 0 Å². The maximum absolute atomic E-state index is 13.4. The SMILES string of the molecule is COCCNC(c1ccc(F)c(C)c1)c1nc(C)cs1. The molecule has 1 aromatic heterocycles. The van der Waals surface area contributed by atoms with Gasteiger partial charge in [-0.2, -0.15) is 0 Å². The molecular formula is C15H19FN2OS. The molecule has 1 aromatic carbocycles. The fourth-order valence-electron chi connectivity index (χ4n) is 2.01. The number of rotatable bonds is 6. The molecule has 0 bridgehead atoms. The third-order valence-electron chi connectivity index (χ3n) is 3.05. The molecule has 1 atom stereocenters. The molecule has 0 fully saturated rings. The molecule has 0 spiro atoms. The van der Waals surface area contributed by atoms with Crippen LogP contribution in [0.1, 0.15) is 27.9 Å². The van der Waals surface area contributed by atoms with E-state index in [-0.39, 0.29) is 11.9 Å². The van der Waals surface area contributed by atoms with Crippen LogP contribution in [0, 0.1) is 19.7 Å². The van der Waals surface area contributed by atoms with Crippen LogP contribution in [-0.2, 0) is 4.74 Å². The van der Waals surface area contributed by atoms with Crippen LogP contribution in [0.2, 0.25) is 0 Å². The molecule has 5 heteroatoms. The fourth-order valence-corrected chi connectivity index (χ4v) is 2.90. The van der Waals surface area contributed by atoms with Crippen LogP contribution in [0.3, 0.4) is 0 Å². The van der Waals surface area contributed by atoms with Crippen molar-refractivity contribution in [3.05, 3.63) is 51.2 Å². The van der Waals surface area contributed by atoms with E-state index in [0.717, 1.165) is 22.8 Å². The first-order valence-corrected chi connectivity index (χ1v) is 7.40. The maximum atomic E-state index is 13.4. The number of hydrogen-bond donors (Lipinski definition) is 1. The molecule has 1 unspecified atom stereocenters. The summed E-state index contributed by atoms with van der Waals surface area (Å²) in [7, 11) is 1.67. The van der Waals surface area contributed by atoms with Gasteiger partial charge in [0, 0.05) is 24.7 Å². The van der Waals surface area contributed by atoms with Crippen molar-refractivity contribution in [2.24, 2.45) is 0 Å². The summed E-state index contributed by atoms with van der Waals surface area (Å²) in [6.07, 6.45) is 0. The van der Waals surface area contributed by atoms with Crippen molar-refractivity contribution in [2.45, 2.75) is 19.9 Å². The number of hydrogen-bond acceptors (Lipinski definition) is 4. The second-order valence-corrected chi connectivity index (χ2v) is 5.61. The summed E-state index contributed by atoms with van der Waals surface area (Å²) < 4.78 is 18.5. The number of methoxy groups -OCH3 is 1. The molecule has 3 nitrogen and oxygen atoms in total. The largest absolute Gasteiger partial charge is 0.383 e. The highest BCUT2D eigenvalue weighted by molar-refractivity contribution is 7.09. The lowest BCUT2D eigenvalue weighted by molar-refractivity contribution is 0.197. The standard InChI is InChI=1S/C15H19FN2OS/c1-10-8-12(4-5-13(10)16)14(17-6-7-19-3)15-18-11(2)9-20-15/h4-5,8-9,14,17H,6-7H2,1-3H3. The van der Waals surface area contributed by atoms with Crippen LogP contribution in [0.5, 0.6) is 0 Å². The normalized spacial score (nSPS) is 12.6. The molecule has 2 aromatic rings. The first-order valence-electron chi connectivity index (χ1n) is 6.52. The lowest BCUT2D eigenvalue weighted by Gasteiger charge is -2.17. The number of nitrogens with one attached hydrogen (secondary N) is 1. The van der Waals surface area contributed by atoms with Gasteiger partial charge in [0.2, 0.25) is 0 Å². The number of thiazole rings is 1. The molecule has 0 saturated carbocycles. The Morgan fingerprint density at radius 3 is 2.80 bits per heavy atom. The van der Waals surface area contributed by atoms with E-state index in [1.807, 2.05) is 24.4 Å². The summed E-state index contributed by atoms with van der Waals surface area (Å²) in [5.74, 6) is -0.181. The van der Waals surface area contributed by atoms with E-state index in [2.05, 4.69) is 10.3 Å². The minimum absolute atomic E-state index is 0.0249. The second-order valence-electron chi connectivity index (χ2n) is 4.72. The highest BCUT2D eigenvalue weighted by Crippen LogP contribution is 2.26. The Hall–Kier alpha value is -1.30. The number of aromatic nitrogens is 1. The summed E-state index contributed by atoms with van der Waals surface area (Å²) in [5, 5.41) is 6.43. The minimum atomic E-state index is -0.181. The summed E-state index contributed by atoms with van der Waals surface area (Å²) in [5.41, 5.74) is 2.67. The highest BCUT2D eigenvalue weighted by atomic mass is 32.1. The predicted molar refractivity (Wildman–Crippen MR) is 79.7 cm³/mol. The van der Waals surface area contributed by atoms with E-state index >= 15 is 0 Å². The third kappa shape index (κ3) is 3.62. The summed E-state index contributed by atoms with van der Waals surface area (Å²) >= 11 is 1.61. The molecule has 0 radical (unpaired) electrons. The van der Waals surface area contributed by atoms with E-state index < -0.39 is 0 Å². The molecular weight excluding hydrogens is 275 g/mol. The van der Waals surface area contributed by atoms with Crippen molar-refractivity contribution in [1.82, 2.24) is 10.3 Å². The van der Waals surface area contributed by atoms with Gasteiger partial charge < -0.3 is 10.1 Å². The summed E-state index contributed by atoms with van der Waals surface area (Å²) in [6, 6.07) is 5.17. The van der Waals surface area contributed by atoms with Crippen molar-refractivity contribution in [3.63, 3.8) is 0 Å². The molecule has 0 saturated heterocycles. The fraction of sp³-hybridized carbons (Fsp3) is 0.400. The lowest BCUT2D eigenvalue weighted by Crippen LogP contribution is -2.26. The molecule has 108 valence electrons. The molecule has 1 N–H and O–H groups in total. The maximum Gasteiger partial charge on any atom is 0.126 e. The van der Waals surface area contributed by atoms with Crippen molar-refractivity contribution in [1.29, 1.82) is 0 Å². The van der Waals surface area contributed by atoms with E-state index in [1.54, 1.807) is 25.4 Å². The molecule has 1 heterocycles. The van der Waals surface area contributed by atoms with E-state index in [4.69, 9.17) is 4.74 Å². The zero-order valence-corrected chi connectivity index (χ0v) is 12.8. The molecule has 0 aliphatic rings. The van der Waals surface area contributed by atoms with Crippen LogP contribution in [0.15, 0.2) is 23.6 Å². The number of halogens is 1. The third-order valence-corrected chi connectivity index (χ3v) is 4.08. The van der Waals surface area contributed by atoms with Gasteiger partial charge in [-0.3, -0.25) is 0 Å². The Kier molecular flexibility index (Phi) is 5.23. The first kappa shape index (κ1) is 15.1. The van der Waals surface area contributed by atoms with Gasteiger partial charge in [0.05, 0.1) is 12.6 Å². The van der Waals surface area contributed by atoms with Crippen molar-refractivity contribution in [3.8, 4) is 0 Å². The summed E-state index contributed by atoms with van der Waals surface area (Å²) in [6.45, 7) is 5.09. The minimum Gasteiger partial charge on any atom is -0.383 e. The smallest absolute Gasteiger partial charge is 0.126 e. The summed E-state index contributed by atoms with van der Waals surface area (Å²) in [4.78, 5) is 4.54. The van der Waals surface area contributed by atoms with Gasteiger partial charge in [0.15, 0.2) is 0 Å². The zero-order valence-electron chi connectivity index (χ0n) is 11.9. The van der Waals surface area contributed by atoms with E-state index in [0.29, 0.717) is 12.2 Å². The molecule has 0 aliphatic heterocycles. The van der Waals surface area contributed by atoms with Crippen molar-refractivity contribution < 1.29 is 9.13 Å². The molecule has 0 amide bonds. The van der Waals surface area contributed by atoms with Gasteiger partial charge in [-0.25, -0.2) is 9.37 Å². The second kappa shape index (κ2) is 6.92. The van der Waals surface area contributed by atoms with Crippen LogP contribution >= 0.6 is 11.3 Å². The molecule has 2 rings (SSSR count). The van der Waals surface area contributed by atoms with Gasteiger partial charge >= 0.3 is 0 Å². The number of ether oxygens (including phenoxy) is 1. The number of aryl methyl sites for hydroxylation is 2. The Bertz CT molecular complexity index is 571. The quantitative estimate of drug-likeness (QED) is 0.831. The van der Waals surface area contributed by atoms with Gasteiger partial charge in [-0.15, -0.1) is 11.3 Å². The van der Waals surface area contributed by atoms with Gasteiger partial charge in [0.1, 0.15) is 10.8 Å². The Balaban J connectivity index is 2.27. The van der Waals surface area contributed by atoms with Gasteiger partial charge in [0.25, 0.3) is 0 Å². The number of benzene rings is 1. The zero-order chi connectivity index (χ0) is 14.5. The van der Waals surface area contributed by atoms with Crippen LogP contribution in [0.4, 0.5) is 4.39 Å². The Morgan fingerprint density at radius 2 is 2.20 bits per heavy atom. The Labute approximate surface area is 122 Å². The topological polar surface area (TPSA) is 34.1 Å². The van der Waals surface area contributed by atoms with E-state index in [9.17, 15) is 4.39 Å². The van der Waals surface area contributed by atoms with Crippen LogP contribution in [-0.4, -0.2) is 25.2 Å².